The van der Waals surface area contributed by atoms with Crippen molar-refractivity contribution in [3.63, 3.8) is 0 Å². The molecule has 3 saturated carbocycles. The minimum Gasteiger partial charge on any atom is -0.367 e. The summed E-state index contributed by atoms with van der Waals surface area (Å²) in [6.45, 7) is 1.93. The molecule has 6 nitrogen and oxygen atoms in total. The summed E-state index contributed by atoms with van der Waals surface area (Å²) in [6.07, 6.45) is 7.70. The number of carbonyl (C=O) groups excluding carboxylic acids is 1. The van der Waals surface area contributed by atoms with Crippen LogP contribution in [0.5, 0.6) is 0 Å². The van der Waals surface area contributed by atoms with Crippen LogP contribution in [0.25, 0.3) is 0 Å². The van der Waals surface area contributed by atoms with E-state index in [4.69, 9.17) is 10.00 Å². The normalized spacial score (nSPS) is 31.7. The van der Waals surface area contributed by atoms with Crippen molar-refractivity contribution in [1.29, 1.82) is 10.5 Å². The molecule has 1 aromatic carbocycles. The molecule has 158 valence electrons. The average Bonchev–Trinajstić information content (AvgIpc) is 3.09. The van der Waals surface area contributed by atoms with Crippen molar-refractivity contribution in [3.05, 3.63) is 35.4 Å². The number of rotatable bonds is 5. The molecule has 1 saturated heterocycles. The fourth-order valence-electron chi connectivity index (χ4n) is 5.61. The maximum Gasteiger partial charge on any atom is 0.251 e. The summed E-state index contributed by atoms with van der Waals surface area (Å²) < 4.78 is 5.63. The molecule has 4 aliphatic rings. The SMILES string of the molecule is N#Cc1ccc(C23CCC(CC(C#N)NC(=O)C4CNCCCO4)(CC2)CC3)cc1. The van der Waals surface area contributed by atoms with Gasteiger partial charge in [0.1, 0.15) is 12.1 Å². The summed E-state index contributed by atoms with van der Waals surface area (Å²) >= 11 is 0. The van der Waals surface area contributed by atoms with Gasteiger partial charge in [-0.05, 0) is 86.4 Å². The van der Waals surface area contributed by atoms with Gasteiger partial charge in [0.2, 0.25) is 0 Å². The summed E-state index contributed by atoms with van der Waals surface area (Å²) in [5.41, 5.74) is 2.40. The Balaban J connectivity index is 1.37. The fraction of sp³-hybridized carbons (Fsp3) is 0.625. The Morgan fingerprint density at radius 3 is 2.50 bits per heavy atom. The topological polar surface area (TPSA) is 97.9 Å². The Hall–Kier alpha value is -2.41. The van der Waals surface area contributed by atoms with E-state index in [1.807, 2.05) is 12.1 Å². The summed E-state index contributed by atoms with van der Waals surface area (Å²) in [5, 5.41) is 24.9. The van der Waals surface area contributed by atoms with Gasteiger partial charge in [0.25, 0.3) is 5.91 Å². The first-order valence-corrected chi connectivity index (χ1v) is 11.1. The smallest absolute Gasteiger partial charge is 0.251 e. The molecule has 6 heteroatoms. The molecule has 30 heavy (non-hydrogen) atoms. The molecule has 0 spiro atoms. The van der Waals surface area contributed by atoms with E-state index in [1.54, 1.807) is 0 Å². The lowest BCUT2D eigenvalue weighted by Crippen LogP contribution is -2.50. The van der Waals surface area contributed by atoms with Crippen LogP contribution in [-0.2, 0) is 14.9 Å². The number of amides is 1. The molecular formula is C24H30N4O2. The Morgan fingerprint density at radius 2 is 1.87 bits per heavy atom. The summed E-state index contributed by atoms with van der Waals surface area (Å²) in [4.78, 5) is 12.6. The lowest BCUT2D eigenvalue weighted by atomic mass is 9.50. The Morgan fingerprint density at radius 1 is 1.17 bits per heavy atom. The first kappa shape index (κ1) is 20.8. The molecule has 4 fully saturated rings. The van der Waals surface area contributed by atoms with E-state index >= 15 is 0 Å². The molecule has 1 amide bonds. The maximum atomic E-state index is 12.6. The third-order valence-electron chi connectivity index (χ3n) is 7.58. The van der Waals surface area contributed by atoms with E-state index in [0.717, 1.165) is 57.9 Å². The Kier molecular flexibility index (Phi) is 6.09. The van der Waals surface area contributed by atoms with Gasteiger partial charge >= 0.3 is 0 Å². The number of ether oxygens (including phenoxy) is 1. The zero-order valence-electron chi connectivity index (χ0n) is 17.5. The maximum absolute atomic E-state index is 12.6. The molecule has 2 N–H and O–H groups in total. The number of fused-ring (bicyclic) bond motifs is 3. The van der Waals surface area contributed by atoms with Crippen molar-refractivity contribution in [2.45, 2.75) is 68.9 Å². The lowest BCUT2D eigenvalue weighted by molar-refractivity contribution is -0.132. The van der Waals surface area contributed by atoms with Gasteiger partial charge in [-0.15, -0.1) is 0 Å². The molecule has 0 aromatic heterocycles. The second kappa shape index (κ2) is 8.76. The molecule has 0 radical (unpaired) electrons. The molecule has 1 aromatic rings. The van der Waals surface area contributed by atoms with Gasteiger partial charge in [-0.2, -0.15) is 10.5 Å². The zero-order valence-corrected chi connectivity index (χ0v) is 17.5. The van der Waals surface area contributed by atoms with Gasteiger partial charge in [0.15, 0.2) is 0 Å². The summed E-state index contributed by atoms with van der Waals surface area (Å²) in [7, 11) is 0. The van der Waals surface area contributed by atoms with E-state index in [9.17, 15) is 10.1 Å². The predicted molar refractivity (Wildman–Crippen MR) is 112 cm³/mol. The molecule has 1 aliphatic heterocycles. The Bertz CT molecular complexity index is 819. The van der Waals surface area contributed by atoms with Crippen LogP contribution >= 0.6 is 0 Å². The van der Waals surface area contributed by atoms with Crippen molar-refractivity contribution >= 4 is 5.91 Å². The minimum atomic E-state index is -0.511. The highest BCUT2D eigenvalue weighted by Crippen LogP contribution is 2.59. The molecule has 2 bridgehead atoms. The van der Waals surface area contributed by atoms with Crippen molar-refractivity contribution < 1.29 is 9.53 Å². The largest absolute Gasteiger partial charge is 0.367 e. The van der Waals surface area contributed by atoms with Gasteiger partial charge in [0, 0.05) is 13.2 Å². The van der Waals surface area contributed by atoms with E-state index < -0.39 is 12.1 Å². The number of nitriles is 2. The number of nitrogens with zero attached hydrogens (tertiary/aromatic N) is 2. The van der Waals surface area contributed by atoms with Gasteiger partial charge in [-0.1, -0.05) is 12.1 Å². The van der Waals surface area contributed by atoms with Crippen LogP contribution < -0.4 is 10.6 Å². The highest BCUT2D eigenvalue weighted by Gasteiger charge is 2.50. The summed E-state index contributed by atoms with van der Waals surface area (Å²) in [5.74, 6) is -0.175. The van der Waals surface area contributed by atoms with Crippen LogP contribution in [0.4, 0.5) is 0 Å². The first-order valence-electron chi connectivity index (χ1n) is 11.1. The van der Waals surface area contributed by atoms with Crippen molar-refractivity contribution in [3.8, 4) is 12.1 Å². The minimum absolute atomic E-state index is 0.143. The van der Waals surface area contributed by atoms with E-state index in [1.165, 1.54) is 5.56 Å². The highest BCUT2D eigenvalue weighted by molar-refractivity contribution is 5.81. The quantitative estimate of drug-likeness (QED) is 0.783. The average molecular weight is 407 g/mol. The molecule has 2 unspecified atom stereocenters. The third kappa shape index (κ3) is 4.21. The predicted octanol–water partition coefficient (Wildman–Crippen LogP) is 2.93. The van der Waals surface area contributed by atoms with Crippen LogP contribution in [0.1, 0.15) is 62.5 Å². The van der Waals surface area contributed by atoms with Crippen LogP contribution in [0.2, 0.25) is 0 Å². The third-order valence-corrected chi connectivity index (χ3v) is 7.58. The lowest BCUT2D eigenvalue weighted by Gasteiger charge is -2.54. The van der Waals surface area contributed by atoms with Crippen molar-refractivity contribution in [1.82, 2.24) is 10.6 Å². The monoisotopic (exact) mass is 406 g/mol. The zero-order chi connectivity index (χ0) is 21.0. The van der Waals surface area contributed by atoms with Crippen LogP contribution in [-0.4, -0.2) is 37.7 Å². The molecule has 1 heterocycles. The van der Waals surface area contributed by atoms with Gasteiger partial charge in [-0.25, -0.2) is 0 Å². The van der Waals surface area contributed by atoms with E-state index in [2.05, 4.69) is 34.9 Å². The van der Waals surface area contributed by atoms with Gasteiger partial charge < -0.3 is 15.4 Å². The highest BCUT2D eigenvalue weighted by atomic mass is 16.5. The van der Waals surface area contributed by atoms with E-state index in [0.29, 0.717) is 18.7 Å². The standard InChI is InChI=1S/C24H30N4O2/c25-15-18-2-4-19(5-3-18)24-9-6-23(7-10-24,8-11-24)14-20(16-26)28-22(29)21-17-27-12-1-13-30-21/h2-5,20-21,27H,1,6-14,17H2,(H,28,29). The van der Waals surface area contributed by atoms with Crippen LogP contribution in [0.15, 0.2) is 24.3 Å². The van der Waals surface area contributed by atoms with Gasteiger partial charge in [-0.3, -0.25) is 4.79 Å². The van der Waals surface area contributed by atoms with Crippen LogP contribution in [0.3, 0.4) is 0 Å². The Labute approximate surface area is 178 Å². The molecule has 5 rings (SSSR count). The summed E-state index contributed by atoms with van der Waals surface area (Å²) in [6, 6.07) is 12.1. The molecule has 3 aliphatic carbocycles. The fourth-order valence-corrected chi connectivity index (χ4v) is 5.61. The number of hydrogen-bond donors (Lipinski definition) is 2. The molecular weight excluding hydrogens is 376 g/mol. The number of nitrogens with one attached hydrogen (secondary N) is 2. The van der Waals surface area contributed by atoms with Crippen molar-refractivity contribution in [2.75, 3.05) is 19.7 Å². The van der Waals surface area contributed by atoms with Crippen LogP contribution in [0, 0.1) is 28.1 Å². The second-order valence-corrected chi connectivity index (χ2v) is 9.28. The van der Waals surface area contributed by atoms with E-state index in [-0.39, 0.29) is 16.7 Å². The molecule has 2 atom stereocenters. The van der Waals surface area contributed by atoms with Crippen molar-refractivity contribution in [2.24, 2.45) is 5.41 Å². The number of carbonyl (C=O) groups is 1. The number of benzene rings is 1. The number of hydrogen-bond acceptors (Lipinski definition) is 5. The first-order chi connectivity index (χ1) is 14.6. The second-order valence-electron chi connectivity index (χ2n) is 9.28. The van der Waals surface area contributed by atoms with Gasteiger partial charge in [0.05, 0.1) is 17.7 Å².